The van der Waals surface area contributed by atoms with Gasteiger partial charge in [-0.3, -0.25) is 28.5 Å². The van der Waals surface area contributed by atoms with E-state index >= 15 is 4.39 Å². The minimum atomic E-state index is -4.60. The van der Waals surface area contributed by atoms with Crippen LogP contribution in [0.2, 0.25) is 0 Å². The number of hydrogen-bond acceptors (Lipinski definition) is 10. The van der Waals surface area contributed by atoms with Crippen LogP contribution in [0.1, 0.15) is 40.8 Å². The number of aromatic nitrogens is 2. The Bertz CT molecular complexity index is 1330. The first-order valence-corrected chi connectivity index (χ1v) is 13.6. The molecule has 214 valence electrons. The molecule has 0 unspecified atom stereocenters. The average Bonchev–Trinajstić information content (AvgIpc) is 3.07. The van der Waals surface area contributed by atoms with Gasteiger partial charge in [0.25, 0.3) is 5.56 Å². The highest BCUT2D eigenvalue weighted by Crippen LogP contribution is 2.53. The first-order chi connectivity index (χ1) is 18.2. The number of rotatable bonds is 11. The third kappa shape index (κ3) is 7.63. The molecule has 0 amide bonds. The van der Waals surface area contributed by atoms with E-state index in [9.17, 15) is 23.7 Å². The number of esters is 2. The summed E-state index contributed by atoms with van der Waals surface area (Å²) in [5.74, 6) is -1.41. The molecule has 1 aliphatic heterocycles. The number of carbonyl (C=O) groups excluding carboxylic acids is 2. The molecule has 0 radical (unpaired) electrons. The fraction of sp³-hybridized carbons (Fsp3) is 0.500. The molecule has 0 spiro atoms. The van der Waals surface area contributed by atoms with Crippen LogP contribution in [0, 0.1) is 0 Å². The van der Waals surface area contributed by atoms with Crippen LogP contribution in [-0.4, -0.2) is 58.1 Å². The SMILES string of the molecule is CC(=O)OC[C@H]1O[C@@H](n2ccc(=O)[nH]c2=O)[C@](C)(F)[C@@H]1O[P@@](=O)(N[C@@H](C)C(=O)OC(C)C)Oc1ccccc1. The summed E-state index contributed by atoms with van der Waals surface area (Å²) in [4.78, 5) is 49.9. The lowest BCUT2D eigenvalue weighted by molar-refractivity contribution is -0.149. The molecule has 13 nitrogen and oxygen atoms in total. The molecule has 1 aromatic heterocycles. The number of para-hydroxylation sites is 1. The number of aromatic amines is 1. The van der Waals surface area contributed by atoms with Gasteiger partial charge in [-0.05, 0) is 39.8 Å². The van der Waals surface area contributed by atoms with Gasteiger partial charge in [0.1, 0.15) is 30.6 Å². The van der Waals surface area contributed by atoms with Crippen LogP contribution in [0.5, 0.6) is 5.75 Å². The maximum absolute atomic E-state index is 16.5. The van der Waals surface area contributed by atoms with E-state index in [4.69, 9.17) is 23.3 Å². The van der Waals surface area contributed by atoms with E-state index in [1.165, 1.54) is 19.1 Å². The topological polar surface area (TPSA) is 164 Å². The lowest BCUT2D eigenvalue weighted by Crippen LogP contribution is -2.46. The van der Waals surface area contributed by atoms with E-state index in [1.54, 1.807) is 32.0 Å². The molecular formula is C24H31FN3O10P. The summed E-state index contributed by atoms with van der Waals surface area (Å²) in [7, 11) is -4.60. The molecule has 2 heterocycles. The molecule has 0 saturated carbocycles. The van der Waals surface area contributed by atoms with E-state index in [-0.39, 0.29) is 5.75 Å². The summed E-state index contributed by atoms with van der Waals surface area (Å²) in [5, 5.41) is 2.46. The van der Waals surface area contributed by atoms with Gasteiger partial charge in [-0.1, -0.05) is 18.2 Å². The molecule has 0 bridgehead atoms. The van der Waals surface area contributed by atoms with E-state index in [0.29, 0.717) is 0 Å². The van der Waals surface area contributed by atoms with Crippen molar-refractivity contribution in [2.45, 2.75) is 70.9 Å². The maximum atomic E-state index is 16.5. The Balaban J connectivity index is 2.00. The van der Waals surface area contributed by atoms with Crippen molar-refractivity contribution in [1.82, 2.24) is 14.6 Å². The second-order valence-corrected chi connectivity index (χ2v) is 10.9. The maximum Gasteiger partial charge on any atom is 0.459 e. The summed E-state index contributed by atoms with van der Waals surface area (Å²) in [5.41, 5.74) is -4.30. The van der Waals surface area contributed by atoms with Gasteiger partial charge in [-0.15, -0.1) is 0 Å². The molecule has 0 aliphatic carbocycles. The molecular weight excluding hydrogens is 540 g/mol. The number of halogens is 1. The van der Waals surface area contributed by atoms with Crippen molar-refractivity contribution in [2.75, 3.05) is 6.61 Å². The highest BCUT2D eigenvalue weighted by molar-refractivity contribution is 7.52. The zero-order valence-corrected chi connectivity index (χ0v) is 22.9. The lowest BCUT2D eigenvalue weighted by Gasteiger charge is -2.31. The molecule has 1 saturated heterocycles. The van der Waals surface area contributed by atoms with E-state index < -0.39 is 73.8 Å². The van der Waals surface area contributed by atoms with Crippen LogP contribution < -0.4 is 20.9 Å². The molecule has 1 aliphatic rings. The van der Waals surface area contributed by atoms with Crippen molar-refractivity contribution in [2.24, 2.45) is 0 Å². The summed E-state index contributed by atoms with van der Waals surface area (Å²) < 4.78 is 58.5. The summed E-state index contributed by atoms with van der Waals surface area (Å²) in [6.45, 7) is 6.22. The van der Waals surface area contributed by atoms with Crippen LogP contribution in [0.25, 0.3) is 0 Å². The Morgan fingerprint density at radius 2 is 1.87 bits per heavy atom. The van der Waals surface area contributed by atoms with Gasteiger partial charge >= 0.3 is 25.4 Å². The minimum absolute atomic E-state index is 0.0715. The third-order valence-electron chi connectivity index (χ3n) is 5.51. The number of nitrogens with zero attached hydrogens (tertiary/aromatic N) is 1. The van der Waals surface area contributed by atoms with Gasteiger partial charge in [0.15, 0.2) is 11.9 Å². The van der Waals surface area contributed by atoms with E-state index in [0.717, 1.165) is 30.7 Å². The van der Waals surface area contributed by atoms with Gasteiger partial charge < -0.3 is 18.7 Å². The number of alkyl halides is 1. The van der Waals surface area contributed by atoms with Crippen molar-refractivity contribution < 1.29 is 41.8 Å². The highest BCUT2D eigenvalue weighted by Gasteiger charge is 2.59. The molecule has 3 rings (SSSR count). The van der Waals surface area contributed by atoms with Crippen molar-refractivity contribution in [3.8, 4) is 5.75 Å². The molecule has 39 heavy (non-hydrogen) atoms. The summed E-state index contributed by atoms with van der Waals surface area (Å²) in [6.07, 6.45) is -4.30. The predicted molar refractivity (Wildman–Crippen MR) is 135 cm³/mol. The number of hydrogen-bond donors (Lipinski definition) is 2. The van der Waals surface area contributed by atoms with E-state index in [2.05, 4.69) is 5.09 Å². The van der Waals surface area contributed by atoms with Crippen molar-refractivity contribution >= 4 is 19.7 Å². The Hall–Kier alpha value is -3.32. The first-order valence-electron chi connectivity index (χ1n) is 12.0. The fourth-order valence-electron chi connectivity index (χ4n) is 3.79. The zero-order valence-electron chi connectivity index (χ0n) is 22.0. The van der Waals surface area contributed by atoms with Crippen LogP contribution in [-0.2, 0) is 32.9 Å². The number of nitrogens with one attached hydrogen (secondary N) is 2. The number of H-pyrrole nitrogens is 1. The summed E-state index contributed by atoms with van der Waals surface area (Å²) in [6, 6.07) is 7.57. The van der Waals surface area contributed by atoms with Crippen LogP contribution in [0.15, 0.2) is 52.2 Å². The Kier molecular flexibility index (Phi) is 9.49. The number of ether oxygens (including phenoxy) is 3. The predicted octanol–water partition coefficient (Wildman–Crippen LogP) is 2.23. The summed E-state index contributed by atoms with van der Waals surface area (Å²) >= 11 is 0. The van der Waals surface area contributed by atoms with Crippen molar-refractivity contribution in [1.29, 1.82) is 0 Å². The second kappa shape index (κ2) is 12.2. The highest BCUT2D eigenvalue weighted by atomic mass is 31.2. The van der Waals surface area contributed by atoms with Crippen LogP contribution >= 0.6 is 7.75 Å². The van der Waals surface area contributed by atoms with Crippen molar-refractivity contribution in [3.63, 3.8) is 0 Å². The molecule has 1 aromatic carbocycles. The fourth-order valence-corrected chi connectivity index (χ4v) is 5.57. The Morgan fingerprint density at radius 1 is 1.21 bits per heavy atom. The smallest absolute Gasteiger partial charge is 0.459 e. The van der Waals surface area contributed by atoms with Crippen LogP contribution in [0.3, 0.4) is 0 Å². The standard InChI is InChI=1S/C24H31FN3O10P/c1-14(2)35-21(31)15(3)27-39(33,37-17-9-7-6-8-10-17)38-20-18(13-34-16(4)29)36-22(24(20,5)25)28-12-11-19(30)26-23(28)32/h6-12,14-15,18,20,22H,13H2,1-5H3,(H,27,33)(H,26,30,32)/t15-,18+,20+,22+,24+,39+/m0/s1. The lowest BCUT2D eigenvalue weighted by atomic mass is 9.98. The van der Waals surface area contributed by atoms with Gasteiger partial charge in [0.2, 0.25) is 0 Å². The Labute approximate surface area is 223 Å². The number of benzene rings is 1. The molecule has 2 N–H and O–H groups in total. The monoisotopic (exact) mass is 571 g/mol. The zero-order chi connectivity index (χ0) is 29.0. The van der Waals surface area contributed by atoms with Crippen LogP contribution in [0.4, 0.5) is 4.39 Å². The van der Waals surface area contributed by atoms with E-state index in [1.807, 2.05) is 4.98 Å². The molecule has 6 atom stereocenters. The first kappa shape index (κ1) is 30.2. The quantitative estimate of drug-likeness (QED) is 0.300. The third-order valence-corrected chi connectivity index (χ3v) is 7.17. The number of carbonyl (C=O) groups is 2. The average molecular weight is 571 g/mol. The van der Waals surface area contributed by atoms with Gasteiger partial charge in [0.05, 0.1) is 6.10 Å². The largest absolute Gasteiger partial charge is 0.463 e. The normalized spacial score (nSPS) is 25.1. The van der Waals surface area contributed by atoms with Gasteiger partial charge in [0, 0.05) is 19.2 Å². The van der Waals surface area contributed by atoms with Crippen molar-refractivity contribution in [3.05, 3.63) is 63.4 Å². The van der Waals surface area contributed by atoms with Gasteiger partial charge in [-0.2, -0.15) is 5.09 Å². The molecule has 15 heteroatoms. The molecule has 2 aromatic rings. The second-order valence-electron chi connectivity index (χ2n) is 9.26. The van der Waals surface area contributed by atoms with Gasteiger partial charge in [-0.25, -0.2) is 13.8 Å². The Morgan fingerprint density at radius 3 is 2.46 bits per heavy atom. The molecule has 1 fully saturated rings. The minimum Gasteiger partial charge on any atom is -0.463 e.